The van der Waals surface area contributed by atoms with Crippen LogP contribution < -0.4 is 15.4 Å². The molecule has 2 aromatic carbocycles. The van der Waals surface area contributed by atoms with Gasteiger partial charge in [-0.05, 0) is 47.7 Å². The van der Waals surface area contributed by atoms with Gasteiger partial charge in [0, 0.05) is 18.3 Å². The fraction of sp³-hybridized carbons (Fsp3) is 0.125. The van der Waals surface area contributed by atoms with Crippen molar-refractivity contribution in [3.63, 3.8) is 0 Å². The van der Waals surface area contributed by atoms with Gasteiger partial charge in [-0.15, -0.1) is 11.3 Å². The summed E-state index contributed by atoms with van der Waals surface area (Å²) in [5.41, 5.74) is 2.03. The molecule has 162 valence electrons. The Labute approximate surface area is 189 Å². The van der Waals surface area contributed by atoms with Gasteiger partial charge >= 0.3 is 0 Å². The first-order chi connectivity index (χ1) is 15.7. The zero-order valence-corrected chi connectivity index (χ0v) is 17.9. The van der Waals surface area contributed by atoms with Crippen LogP contribution in [0.3, 0.4) is 0 Å². The number of hydrogen-bond donors (Lipinski definition) is 2. The van der Waals surface area contributed by atoms with Crippen molar-refractivity contribution < 1.29 is 18.8 Å². The number of carbonyl (C=O) groups is 2. The van der Waals surface area contributed by atoms with E-state index in [1.807, 2.05) is 41.8 Å². The molecule has 0 saturated carbocycles. The fourth-order valence-corrected chi connectivity index (χ4v) is 3.55. The van der Waals surface area contributed by atoms with Gasteiger partial charge in [-0.1, -0.05) is 41.6 Å². The molecule has 0 atom stereocenters. The summed E-state index contributed by atoms with van der Waals surface area (Å²) >= 11 is 1.38. The summed E-state index contributed by atoms with van der Waals surface area (Å²) in [5, 5.41) is 11.3. The van der Waals surface area contributed by atoms with E-state index in [9.17, 15) is 9.59 Å². The minimum Gasteiger partial charge on any atom is -0.486 e. The minimum atomic E-state index is -0.290. The smallest absolute Gasteiger partial charge is 0.273 e. The van der Waals surface area contributed by atoms with E-state index in [0.717, 1.165) is 12.0 Å². The normalized spacial score (nSPS) is 10.5. The van der Waals surface area contributed by atoms with Crippen LogP contribution in [0.2, 0.25) is 0 Å². The quantitative estimate of drug-likeness (QED) is 0.393. The molecular formula is C24H21N3O4S. The molecule has 0 saturated heterocycles. The average Bonchev–Trinajstić information content (AvgIpc) is 3.52. The number of nitrogens with one attached hydrogen (secondary N) is 2. The van der Waals surface area contributed by atoms with Crippen molar-refractivity contribution in [2.45, 2.75) is 13.0 Å². The summed E-state index contributed by atoms with van der Waals surface area (Å²) in [7, 11) is 0. The molecule has 4 aromatic rings. The van der Waals surface area contributed by atoms with E-state index in [0.29, 0.717) is 28.6 Å². The Kier molecular flexibility index (Phi) is 6.94. The Bertz CT molecular complexity index is 1160. The van der Waals surface area contributed by atoms with Crippen LogP contribution in [0.25, 0.3) is 0 Å². The molecule has 0 fully saturated rings. The van der Waals surface area contributed by atoms with Gasteiger partial charge in [0.05, 0.1) is 4.88 Å². The lowest BCUT2D eigenvalue weighted by Crippen LogP contribution is -2.25. The van der Waals surface area contributed by atoms with Crippen molar-refractivity contribution in [1.82, 2.24) is 10.5 Å². The fourth-order valence-electron chi connectivity index (χ4n) is 2.93. The zero-order valence-electron chi connectivity index (χ0n) is 17.1. The van der Waals surface area contributed by atoms with Gasteiger partial charge in [-0.2, -0.15) is 0 Å². The molecular weight excluding hydrogens is 426 g/mol. The van der Waals surface area contributed by atoms with Crippen LogP contribution in [0.5, 0.6) is 5.75 Å². The highest BCUT2D eigenvalue weighted by atomic mass is 32.1. The van der Waals surface area contributed by atoms with E-state index < -0.39 is 0 Å². The minimum absolute atomic E-state index is 0.130. The highest BCUT2D eigenvalue weighted by molar-refractivity contribution is 7.12. The highest BCUT2D eigenvalue weighted by Crippen LogP contribution is 2.19. The van der Waals surface area contributed by atoms with E-state index in [4.69, 9.17) is 9.26 Å². The number of hydrogen-bond acceptors (Lipinski definition) is 6. The van der Waals surface area contributed by atoms with Gasteiger partial charge < -0.3 is 19.9 Å². The topological polar surface area (TPSA) is 93.5 Å². The first kappa shape index (κ1) is 21.3. The van der Waals surface area contributed by atoms with Crippen molar-refractivity contribution in [2.24, 2.45) is 0 Å². The largest absolute Gasteiger partial charge is 0.486 e. The van der Waals surface area contributed by atoms with Gasteiger partial charge in [0.25, 0.3) is 11.8 Å². The molecule has 4 rings (SSSR count). The molecule has 0 radical (unpaired) electrons. The predicted octanol–water partition coefficient (Wildman–Crippen LogP) is 4.54. The lowest BCUT2D eigenvalue weighted by molar-refractivity contribution is 0.0944. The molecule has 0 aliphatic carbocycles. The first-order valence-corrected chi connectivity index (χ1v) is 10.9. The average molecular weight is 448 g/mol. The SMILES string of the molecule is O=C(NCCc1ccccc1)c1cc(COc2ccc(NC(=O)c3cccs3)cc2)on1. The lowest BCUT2D eigenvalue weighted by atomic mass is 10.1. The lowest BCUT2D eigenvalue weighted by Gasteiger charge is -2.06. The Morgan fingerprint density at radius 3 is 2.53 bits per heavy atom. The van der Waals surface area contributed by atoms with Crippen LogP contribution in [-0.4, -0.2) is 23.5 Å². The van der Waals surface area contributed by atoms with Crippen LogP contribution in [0.1, 0.15) is 31.5 Å². The molecule has 2 N–H and O–H groups in total. The molecule has 0 aliphatic heterocycles. The Hall–Kier alpha value is -3.91. The third-order valence-corrected chi connectivity index (χ3v) is 5.44. The number of nitrogens with zero attached hydrogens (tertiary/aromatic N) is 1. The summed E-state index contributed by atoms with van der Waals surface area (Å²) in [5.74, 6) is 0.601. The Balaban J connectivity index is 1.23. The molecule has 0 spiro atoms. The molecule has 0 aliphatic rings. The second-order valence-corrected chi connectivity index (χ2v) is 7.86. The number of amides is 2. The third-order valence-electron chi connectivity index (χ3n) is 4.57. The number of aromatic nitrogens is 1. The van der Waals surface area contributed by atoms with Gasteiger partial charge in [0.2, 0.25) is 0 Å². The van der Waals surface area contributed by atoms with Crippen molar-refractivity contribution in [3.05, 3.63) is 100 Å². The molecule has 2 heterocycles. The number of carbonyl (C=O) groups excluding carboxylic acids is 2. The summed E-state index contributed by atoms with van der Waals surface area (Å²) < 4.78 is 10.9. The summed E-state index contributed by atoms with van der Waals surface area (Å²) in [6, 6.07) is 22.1. The van der Waals surface area contributed by atoms with Gasteiger partial charge in [0.1, 0.15) is 12.4 Å². The Morgan fingerprint density at radius 1 is 0.969 bits per heavy atom. The standard InChI is InChI=1S/C24H21N3O4S/c28-23(25-13-12-17-5-2-1-3-6-17)21-15-20(31-27-21)16-30-19-10-8-18(9-11-19)26-24(29)22-7-4-14-32-22/h1-11,14-15H,12-13,16H2,(H,25,28)(H,26,29). The maximum Gasteiger partial charge on any atom is 0.273 e. The van der Waals surface area contributed by atoms with Gasteiger partial charge in [-0.25, -0.2) is 0 Å². The molecule has 2 aromatic heterocycles. The maximum atomic E-state index is 12.2. The first-order valence-electron chi connectivity index (χ1n) is 10.0. The van der Waals surface area contributed by atoms with Crippen LogP contribution in [0.15, 0.2) is 82.7 Å². The van der Waals surface area contributed by atoms with Crippen molar-refractivity contribution in [1.29, 1.82) is 0 Å². The number of thiophene rings is 1. The van der Waals surface area contributed by atoms with E-state index in [-0.39, 0.29) is 24.1 Å². The number of anilines is 1. The summed E-state index contributed by atoms with van der Waals surface area (Å²) in [6.07, 6.45) is 0.740. The molecule has 2 amide bonds. The van der Waals surface area contributed by atoms with Crippen LogP contribution >= 0.6 is 11.3 Å². The molecule has 0 bridgehead atoms. The van der Waals surface area contributed by atoms with Crippen LogP contribution in [-0.2, 0) is 13.0 Å². The van der Waals surface area contributed by atoms with Gasteiger partial charge in [-0.3, -0.25) is 9.59 Å². The highest BCUT2D eigenvalue weighted by Gasteiger charge is 2.13. The van der Waals surface area contributed by atoms with Crippen molar-refractivity contribution in [2.75, 3.05) is 11.9 Å². The molecule has 0 unspecified atom stereocenters. The molecule has 7 nitrogen and oxygen atoms in total. The van der Waals surface area contributed by atoms with Crippen LogP contribution in [0.4, 0.5) is 5.69 Å². The number of rotatable bonds is 9. The third kappa shape index (κ3) is 5.83. The number of ether oxygens (including phenoxy) is 1. The van der Waals surface area contributed by atoms with Crippen molar-refractivity contribution >= 4 is 28.8 Å². The summed E-state index contributed by atoms with van der Waals surface area (Å²) in [4.78, 5) is 25.0. The Morgan fingerprint density at radius 2 is 1.78 bits per heavy atom. The zero-order chi connectivity index (χ0) is 22.2. The predicted molar refractivity (Wildman–Crippen MR) is 122 cm³/mol. The number of benzene rings is 2. The van der Waals surface area contributed by atoms with E-state index in [1.54, 1.807) is 36.4 Å². The van der Waals surface area contributed by atoms with E-state index >= 15 is 0 Å². The second-order valence-electron chi connectivity index (χ2n) is 6.91. The second kappa shape index (κ2) is 10.4. The van der Waals surface area contributed by atoms with Crippen molar-refractivity contribution in [3.8, 4) is 5.75 Å². The van der Waals surface area contributed by atoms with E-state index in [2.05, 4.69) is 15.8 Å². The van der Waals surface area contributed by atoms with E-state index in [1.165, 1.54) is 11.3 Å². The molecule has 32 heavy (non-hydrogen) atoms. The van der Waals surface area contributed by atoms with Gasteiger partial charge in [0.15, 0.2) is 11.5 Å². The van der Waals surface area contributed by atoms with Crippen LogP contribution in [0, 0.1) is 0 Å². The maximum absolute atomic E-state index is 12.2. The summed E-state index contributed by atoms with van der Waals surface area (Å²) in [6.45, 7) is 0.641. The molecule has 8 heteroatoms. The monoisotopic (exact) mass is 447 g/mol.